The van der Waals surface area contributed by atoms with Gasteiger partial charge in [0.25, 0.3) is 11.6 Å². The molecule has 0 saturated heterocycles. The van der Waals surface area contributed by atoms with Gasteiger partial charge in [-0.25, -0.2) is 46.4 Å². The predicted molar refractivity (Wildman–Crippen MR) is 99.5 cm³/mol. The summed E-state index contributed by atoms with van der Waals surface area (Å²) in [4.78, 5) is 9.40. The predicted octanol–water partition coefficient (Wildman–Crippen LogP) is -8.30. The zero-order chi connectivity index (χ0) is 28.3. The van der Waals surface area contributed by atoms with Crippen LogP contribution in [0.25, 0.3) is 11.6 Å². The number of hydrogen-bond acceptors (Lipinski definition) is 12. The third kappa shape index (κ3) is 8.71. The minimum Gasteiger partial charge on any atom is -0.222 e. The molecular weight excluding hydrogens is 539 g/mol. The van der Waals surface area contributed by atoms with Crippen LogP contribution >= 0.6 is 0 Å². The minimum absolute atomic E-state index is 0.630. The maximum absolute atomic E-state index is 8.49. The molecule has 0 unspecified atom stereocenters. The second-order valence-corrected chi connectivity index (χ2v) is 9.27. The first-order valence-electron chi connectivity index (χ1n) is 10.7. The Morgan fingerprint density at radius 3 is 1.22 bits per heavy atom. The van der Waals surface area contributed by atoms with Crippen molar-refractivity contribution in [2.75, 3.05) is 0 Å². The molecule has 0 aromatic carbocycles. The summed E-state index contributed by atoms with van der Waals surface area (Å²) in [6.45, 7) is 14.0. The van der Waals surface area contributed by atoms with E-state index in [0.717, 1.165) is 59.1 Å². The van der Waals surface area contributed by atoms with Crippen molar-refractivity contribution in [3.05, 3.63) is 46.6 Å². The van der Waals surface area contributed by atoms with E-state index in [9.17, 15) is 0 Å². The molecule has 0 radical (unpaired) electrons. The van der Waals surface area contributed by atoms with Crippen molar-refractivity contribution < 1.29 is 66.9 Å². The molecule has 0 spiro atoms. The Kier molecular flexibility index (Phi) is 9.77. The van der Waals surface area contributed by atoms with E-state index in [1.54, 1.807) is 0 Å². The van der Waals surface area contributed by atoms with E-state index >= 15 is 0 Å². The Morgan fingerprint density at radius 2 is 0.946 bits per heavy atom. The number of hydrogen-bond donors (Lipinski definition) is 0. The zero-order valence-corrected chi connectivity index (χ0v) is 22.4. The number of aryl methyl sites for hydroxylation is 6. The second-order valence-electron chi connectivity index (χ2n) is 7.76. The van der Waals surface area contributed by atoms with Gasteiger partial charge in [0.15, 0.2) is 0 Å². The Morgan fingerprint density at radius 1 is 0.649 bits per heavy atom. The molecule has 0 N–H and O–H groups in total. The molecule has 4 aromatic heterocycles. The molecule has 4 rings (SSSR count). The van der Waals surface area contributed by atoms with Crippen molar-refractivity contribution in [1.82, 2.24) is 29.2 Å². The van der Waals surface area contributed by atoms with Crippen LogP contribution in [0.1, 0.15) is 48.3 Å². The molecule has 0 aliphatic heterocycles. The smallest absolute Gasteiger partial charge is 0.222 e. The third-order valence-electron chi connectivity index (χ3n) is 4.92. The van der Waals surface area contributed by atoms with Gasteiger partial charge in [0, 0.05) is 12.1 Å². The molecule has 0 aliphatic carbocycles. The highest BCUT2D eigenvalue weighted by molar-refractivity contribution is 5.27. The van der Waals surface area contributed by atoms with Crippen molar-refractivity contribution in [2.45, 2.75) is 61.1 Å². The summed E-state index contributed by atoms with van der Waals surface area (Å²) >= 11 is 0. The second kappa shape index (κ2) is 11.8. The molecule has 4 aromatic rings. The Bertz CT molecular complexity index is 1270. The molecule has 4 heterocycles. The summed E-state index contributed by atoms with van der Waals surface area (Å²) in [5.41, 5.74) is 4.16. The molecule has 16 nitrogen and oxygen atoms in total. The van der Waals surface area contributed by atoms with E-state index in [1.807, 2.05) is 22.9 Å². The Hall–Kier alpha value is -2.64. The normalized spacial score (nSPS) is 11.8. The van der Waals surface area contributed by atoms with Gasteiger partial charge in [-0.3, -0.25) is 0 Å². The van der Waals surface area contributed by atoms with Gasteiger partial charge < -0.3 is 0 Å². The molecule has 0 aliphatic rings. The van der Waals surface area contributed by atoms with Gasteiger partial charge in [-0.2, -0.15) is 0 Å². The topological polar surface area (TPSA) is 253 Å². The lowest BCUT2D eigenvalue weighted by Crippen LogP contribution is -2.68. The van der Waals surface area contributed by atoms with Crippen LogP contribution in [0, 0.1) is 48.2 Å². The fourth-order valence-electron chi connectivity index (χ4n) is 3.73. The van der Waals surface area contributed by atoms with E-state index in [4.69, 9.17) is 57.4 Å². The maximum atomic E-state index is 8.49. The third-order valence-corrected chi connectivity index (χ3v) is 4.92. The van der Waals surface area contributed by atoms with Crippen LogP contribution in [0.3, 0.4) is 0 Å². The highest BCUT2D eigenvalue weighted by Gasteiger charge is 2.28. The average Bonchev–Trinajstić information content (AvgIpc) is 3.23. The summed E-state index contributed by atoms with van der Waals surface area (Å²) in [7, 11) is -9.89. The largest absolute Gasteiger partial charge is 0.387 e. The van der Waals surface area contributed by atoms with Crippen molar-refractivity contribution in [3.63, 3.8) is 0 Å². The number of rotatable bonds is 4. The highest BCUT2D eigenvalue weighted by Crippen LogP contribution is 2.09. The summed E-state index contributed by atoms with van der Waals surface area (Å²) in [5, 5.41) is 9.68. The van der Waals surface area contributed by atoms with Crippen LogP contribution in [0.4, 0.5) is 0 Å². The van der Waals surface area contributed by atoms with Crippen LogP contribution in [0.2, 0.25) is 0 Å². The lowest BCUT2D eigenvalue weighted by atomic mass is 10.3. The van der Waals surface area contributed by atoms with Gasteiger partial charge in [-0.1, -0.05) is 9.03 Å². The summed E-state index contributed by atoms with van der Waals surface area (Å²) < 4.78 is 76.1. The molecular formula is C19H26Cl2N8O8. The molecule has 204 valence electrons. The highest BCUT2D eigenvalue weighted by atomic mass is 35.7. The molecule has 0 fully saturated rings. The first-order chi connectivity index (χ1) is 16.9. The quantitative estimate of drug-likeness (QED) is 0.209. The number of aromatic nitrogens is 8. The van der Waals surface area contributed by atoms with Crippen molar-refractivity contribution in [1.29, 1.82) is 0 Å². The SMILES string of the molecule is CC[n+]1c(Cc2nn3c(C)cc(C)nc3[n+]2CC)nn2c(C)cc(C)nc21.[O-][Cl+3]([O-])([O-])[O-].[O-][Cl+3]([O-])([O-])[O-]. The number of halogens is 2. The van der Waals surface area contributed by atoms with Gasteiger partial charge in [0.2, 0.25) is 0 Å². The average molecular weight is 565 g/mol. The first-order valence-corrected chi connectivity index (χ1v) is 13.1. The Labute approximate surface area is 215 Å². The molecule has 0 amide bonds. The van der Waals surface area contributed by atoms with Crippen LogP contribution < -0.4 is 46.4 Å². The van der Waals surface area contributed by atoms with Crippen LogP contribution in [-0.4, -0.2) is 29.2 Å². The first kappa shape index (κ1) is 30.6. The van der Waals surface area contributed by atoms with E-state index in [1.165, 1.54) is 0 Å². The fourth-order valence-corrected chi connectivity index (χ4v) is 3.73. The minimum atomic E-state index is -4.94. The number of fused-ring (bicyclic) bond motifs is 2. The molecule has 0 saturated carbocycles. The van der Waals surface area contributed by atoms with Crippen molar-refractivity contribution >= 4 is 11.6 Å². The van der Waals surface area contributed by atoms with Gasteiger partial charge in [-0.15, -0.1) is 30.5 Å². The summed E-state index contributed by atoms with van der Waals surface area (Å²) in [5.74, 6) is 3.67. The maximum Gasteiger partial charge on any atom is 0.387 e. The molecule has 0 bridgehead atoms. The van der Waals surface area contributed by atoms with Gasteiger partial charge >= 0.3 is 11.6 Å². The van der Waals surface area contributed by atoms with Gasteiger partial charge in [0.05, 0.1) is 13.1 Å². The summed E-state index contributed by atoms with van der Waals surface area (Å²) in [6.07, 6.45) is 0.630. The number of nitrogens with zero attached hydrogens (tertiary/aromatic N) is 8. The molecule has 18 heteroatoms. The lowest BCUT2D eigenvalue weighted by molar-refractivity contribution is -2.00. The van der Waals surface area contributed by atoms with Crippen molar-refractivity contribution in [2.24, 2.45) is 0 Å². The van der Waals surface area contributed by atoms with E-state index in [-0.39, 0.29) is 0 Å². The van der Waals surface area contributed by atoms with Gasteiger partial charge in [0.1, 0.15) is 29.2 Å². The fraction of sp³-hybridized carbons (Fsp3) is 0.474. The lowest BCUT2D eigenvalue weighted by Gasteiger charge is -2.17. The molecule has 37 heavy (non-hydrogen) atoms. The Balaban J connectivity index is 0.000000412. The van der Waals surface area contributed by atoms with Gasteiger partial charge in [-0.05, 0) is 51.7 Å². The van der Waals surface area contributed by atoms with E-state index in [2.05, 4.69) is 49.0 Å². The zero-order valence-electron chi connectivity index (χ0n) is 20.9. The monoisotopic (exact) mass is 564 g/mol. The van der Waals surface area contributed by atoms with E-state index in [0.29, 0.717) is 6.42 Å². The van der Waals surface area contributed by atoms with Crippen LogP contribution in [0.5, 0.6) is 0 Å². The molecule has 0 atom stereocenters. The van der Waals surface area contributed by atoms with Crippen LogP contribution in [-0.2, 0) is 19.5 Å². The standard InChI is InChI=1S/C19H26N8.2ClHO4/c1-7-24-16(22-26-14(5)9-12(3)20-18(24)26)11-17-23-27-15(6)10-13(4)21-19(27)25(17)8-2;2*2-1(3,4)5/h9-10H,7-8,11H2,1-6H3;2*(H,2,3,4,5)/q+2;;/p-2. The van der Waals surface area contributed by atoms with Crippen molar-refractivity contribution in [3.8, 4) is 0 Å². The summed E-state index contributed by atoms with van der Waals surface area (Å²) in [6, 6.07) is 4.11. The van der Waals surface area contributed by atoms with E-state index < -0.39 is 20.5 Å². The van der Waals surface area contributed by atoms with Crippen LogP contribution in [0.15, 0.2) is 12.1 Å².